The number of hydrogen-bond donors (Lipinski definition) is 2. The number of carboxylic acids is 1. The normalized spacial score (nSPS) is 15.9. The quantitative estimate of drug-likeness (QED) is 0.557. The summed E-state index contributed by atoms with van der Waals surface area (Å²) in [5.41, 5.74) is 0. The number of carboxylic acid groups (broad SMARTS) is 1. The molecule has 2 N–H and O–H groups in total. The van der Waals surface area contributed by atoms with E-state index >= 15 is 0 Å². The number of nitrogens with zero attached hydrogens (tertiary/aromatic N) is 1. The Morgan fingerprint density at radius 3 is 2.75 bits per heavy atom. The van der Waals surface area contributed by atoms with Crippen molar-refractivity contribution >= 4 is 11.9 Å². The monoisotopic (exact) mass is 230 g/mol. The third-order valence-electron chi connectivity index (χ3n) is 2.53. The summed E-state index contributed by atoms with van der Waals surface area (Å²) in [5.74, 6) is -0.645. The van der Waals surface area contributed by atoms with Gasteiger partial charge in [0.05, 0.1) is 19.6 Å². The van der Waals surface area contributed by atoms with Crippen LogP contribution in [0, 0.1) is 5.92 Å². The lowest BCUT2D eigenvalue weighted by Crippen LogP contribution is -2.53. The molecule has 0 aromatic carbocycles. The van der Waals surface area contributed by atoms with Crippen molar-refractivity contribution in [2.75, 3.05) is 39.9 Å². The molecule has 6 heteroatoms. The molecule has 1 heterocycles. The Kier molecular flexibility index (Phi) is 5.21. The fourth-order valence-electron chi connectivity index (χ4n) is 1.63. The Balaban J connectivity index is 2.05. The maximum atomic E-state index is 11.5. The lowest BCUT2D eigenvalue weighted by Gasteiger charge is -2.38. The van der Waals surface area contributed by atoms with Gasteiger partial charge in [-0.25, -0.2) is 0 Å². The fourth-order valence-corrected chi connectivity index (χ4v) is 1.63. The first-order chi connectivity index (χ1) is 7.63. The number of aliphatic carboxylic acids is 1. The van der Waals surface area contributed by atoms with Crippen molar-refractivity contribution in [1.29, 1.82) is 0 Å². The summed E-state index contributed by atoms with van der Waals surface area (Å²) in [6, 6.07) is 0. The van der Waals surface area contributed by atoms with Gasteiger partial charge in [-0.2, -0.15) is 0 Å². The van der Waals surface area contributed by atoms with Crippen molar-refractivity contribution < 1.29 is 19.4 Å². The second kappa shape index (κ2) is 6.44. The van der Waals surface area contributed by atoms with Crippen molar-refractivity contribution in [2.24, 2.45) is 5.92 Å². The van der Waals surface area contributed by atoms with Crippen LogP contribution < -0.4 is 5.32 Å². The van der Waals surface area contributed by atoms with Gasteiger partial charge in [-0.05, 0) is 0 Å². The first kappa shape index (κ1) is 12.9. The van der Waals surface area contributed by atoms with Crippen LogP contribution in [0.3, 0.4) is 0 Å². The second-order valence-electron chi connectivity index (χ2n) is 3.93. The average molecular weight is 230 g/mol. The van der Waals surface area contributed by atoms with Crippen LogP contribution in [-0.2, 0) is 14.3 Å². The van der Waals surface area contributed by atoms with E-state index in [0.29, 0.717) is 32.8 Å². The van der Waals surface area contributed by atoms with E-state index in [1.807, 2.05) is 0 Å². The van der Waals surface area contributed by atoms with E-state index in [2.05, 4.69) is 5.32 Å². The Bertz CT molecular complexity index is 251. The van der Waals surface area contributed by atoms with Crippen molar-refractivity contribution in [1.82, 2.24) is 10.2 Å². The van der Waals surface area contributed by atoms with Crippen LogP contribution in [0.15, 0.2) is 0 Å². The smallest absolute Gasteiger partial charge is 0.303 e. The highest BCUT2D eigenvalue weighted by Gasteiger charge is 2.31. The average Bonchev–Trinajstić information content (AvgIpc) is 2.17. The van der Waals surface area contributed by atoms with E-state index in [9.17, 15) is 9.59 Å². The van der Waals surface area contributed by atoms with Crippen LogP contribution >= 0.6 is 0 Å². The predicted molar refractivity (Wildman–Crippen MR) is 57.1 cm³/mol. The van der Waals surface area contributed by atoms with Gasteiger partial charge < -0.3 is 20.1 Å². The molecule has 0 saturated carbocycles. The molecule has 1 rings (SSSR count). The number of nitrogens with one attached hydrogen (secondary N) is 1. The molecule has 1 saturated heterocycles. The molecule has 6 nitrogen and oxygen atoms in total. The predicted octanol–water partition coefficient (Wildman–Crippen LogP) is -0.844. The highest BCUT2D eigenvalue weighted by atomic mass is 16.5. The van der Waals surface area contributed by atoms with E-state index in [-0.39, 0.29) is 18.2 Å². The van der Waals surface area contributed by atoms with Gasteiger partial charge in [-0.15, -0.1) is 0 Å². The Morgan fingerprint density at radius 2 is 2.19 bits per heavy atom. The van der Waals surface area contributed by atoms with Gasteiger partial charge in [0, 0.05) is 32.7 Å². The standard InChI is InChI=1S/C10H18N2O4/c1-16-3-2-11-5-9(13)12-6-8(7-12)4-10(14)15/h8,11H,2-7H2,1H3,(H,14,15). The van der Waals surface area contributed by atoms with Crippen LogP contribution in [0.2, 0.25) is 0 Å². The maximum absolute atomic E-state index is 11.5. The third kappa shape index (κ3) is 4.16. The van der Waals surface area contributed by atoms with Crippen LogP contribution in [0.4, 0.5) is 0 Å². The summed E-state index contributed by atoms with van der Waals surface area (Å²) in [4.78, 5) is 23.6. The largest absolute Gasteiger partial charge is 0.481 e. The molecule has 1 aliphatic rings. The summed E-state index contributed by atoms with van der Waals surface area (Å²) in [5, 5.41) is 11.5. The summed E-state index contributed by atoms with van der Waals surface area (Å²) >= 11 is 0. The lowest BCUT2D eigenvalue weighted by atomic mass is 9.96. The van der Waals surface area contributed by atoms with Gasteiger partial charge in [-0.3, -0.25) is 9.59 Å². The molecule has 0 aromatic rings. The van der Waals surface area contributed by atoms with Gasteiger partial charge in [0.2, 0.25) is 5.91 Å². The minimum absolute atomic E-state index is 0.0257. The zero-order valence-corrected chi connectivity index (χ0v) is 9.44. The van der Waals surface area contributed by atoms with E-state index in [1.165, 1.54) is 0 Å². The summed E-state index contributed by atoms with van der Waals surface area (Å²) in [6.45, 7) is 2.65. The molecule has 1 amide bonds. The number of ether oxygens (including phenoxy) is 1. The first-order valence-corrected chi connectivity index (χ1v) is 5.32. The molecule has 0 spiro atoms. The number of carbonyl (C=O) groups is 2. The van der Waals surface area contributed by atoms with E-state index in [4.69, 9.17) is 9.84 Å². The van der Waals surface area contributed by atoms with Crippen LogP contribution in [0.1, 0.15) is 6.42 Å². The van der Waals surface area contributed by atoms with Crippen molar-refractivity contribution in [2.45, 2.75) is 6.42 Å². The second-order valence-corrected chi connectivity index (χ2v) is 3.93. The first-order valence-electron chi connectivity index (χ1n) is 5.32. The highest BCUT2D eigenvalue weighted by Crippen LogP contribution is 2.18. The minimum atomic E-state index is -0.796. The Labute approximate surface area is 94.6 Å². The lowest BCUT2D eigenvalue weighted by molar-refractivity contribution is -0.144. The zero-order chi connectivity index (χ0) is 12.0. The molecular weight excluding hydrogens is 212 g/mol. The molecule has 1 fully saturated rings. The van der Waals surface area contributed by atoms with E-state index in [1.54, 1.807) is 12.0 Å². The number of amides is 1. The number of hydrogen-bond acceptors (Lipinski definition) is 4. The van der Waals surface area contributed by atoms with Crippen molar-refractivity contribution in [3.8, 4) is 0 Å². The van der Waals surface area contributed by atoms with Crippen LogP contribution in [0.5, 0.6) is 0 Å². The number of methoxy groups -OCH3 is 1. The Morgan fingerprint density at radius 1 is 1.50 bits per heavy atom. The fraction of sp³-hybridized carbons (Fsp3) is 0.800. The molecule has 16 heavy (non-hydrogen) atoms. The topological polar surface area (TPSA) is 78.9 Å². The number of carbonyl (C=O) groups excluding carboxylic acids is 1. The summed E-state index contributed by atoms with van der Waals surface area (Å²) in [6.07, 6.45) is 0.154. The van der Waals surface area contributed by atoms with Gasteiger partial charge in [-0.1, -0.05) is 0 Å². The van der Waals surface area contributed by atoms with Crippen molar-refractivity contribution in [3.05, 3.63) is 0 Å². The molecule has 0 bridgehead atoms. The zero-order valence-electron chi connectivity index (χ0n) is 9.44. The number of rotatable bonds is 7. The van der Waals surface area contributed by atoms with Gasteiger partial charge in [0.25, 0.3) is 0 Å². The molecule has 0 radical (unpaired) electrons. The molecule has 0 aliphatic carbocycles. The van der Waals surface area contributed by atoms with Gasteiger partial charge >= 0.3 is 5.97 Å². The molecule has 0 unspecified atom stereocenters. The summed E-state index contributed by atoms with van der Waals surface area (Å²) < 4.78 is 4.83. The maximum Gasteiger partial charge on any atom is 0.303 e. The van der Waals surface area contributed by atoms with Crippen LogP contribution in [-0.4, -0.2) is 61.8 Å². The minimum Gasteiger partial charge on any atom is -0.481 e. The molecule has 0 aromatic heterocycles. The van der Waals surface area contributed by atoms with E-state index < -0.39 is 5.97 Å². The molecule has 92 valence electrons. The molecular formula is C10H18N2O4. The van der Waals surface area contributed by atoms with E-state index in [0.717, 1.165) is 0 Å². The third-order valence-corrected chi connectivity index (χ3v) is 2.53. The number of likely N-dealkylation sites (tertiary alicyclic amines) is 1. The Hall–Kier alpha value is -1.14. The molecule has 1 aliphatic heterocycles. The van der Waals surface area contributed by atoms with Crippen molar-refractivity contribution in [3.63, 3.8) is 0 Å². The summed E-state index contributed by atoms with van der Waals surface area (Å²) in [7, 11) is 1.61. The van der Waals surface area contributed by atoms with Gasteiger partial charge in [0.1, 0.15) is 0 Å². The highest BCUT2D eigenvalue weighted by molar-refractivity contribution is 5.79. The molecule has 0 atom stereocenters. The van der Waals surface area contributed by atoms with Gasteiger partial charge in [0.15, 0.2) is 0 Å². The van der Waals surface area contributed by atoms with Crippen LogP contribution in [0.25, 0.3) is 0 Å². The SMILES string of the molecule is COCCNCC(=O)N1CC(CC(=O)O)C1.